The molecule has 0 saturated heterocycles. The van der Waals surface area contributed by atoms with Crippen molar-refractivity contribution in [3.8, 4) is 5.69 Å². The van der Waals surface area contributed by atoms with Crippen LogP contribution in [-0.2, 0) is 4.79 Å². The van der Waals surface area contributed by atoms with Crippen molar-refractivity contribution in [3.63, 3.8) is 0 Å². The van der Waals surface area contributed by atoms with Gasteiger partial charge in [-0.2, -0.15) is 0 Å². The molecule has 1 heterocycles. The number of carbonyl (C=O) groups is 1. The van der Waals surface area contributed by atoms with E-state index in [1.165, 1.54) is 0 Å². The summed E-state index contributed by atoms with van der Waals surface area (Å²) in [7, 11) is 1.92. The number of hydrogen-bond acceptors (Lipinski definition) is 5. The number of aromatic nitrogens is 4. The van der Waals surface area contributed by atoms with Crippen LogP contribution in [0.2, 0.25) is 0 Å². The molecule has 0 spiro atoms. The zero-order valence-corrected chi connectivity index (χ0v) is 12.3. The Hall–Kier alpha value is -2.28. The molecular formula is C14H19N5O2. The number of nitrogens with zero attached hydrogens (tertiary/aromatic N) is 5. The molecule has 7 nitrogen and oxygen atoms in total. The molecule has 0 aliphatic rings. The van der Waals surface area contributed by atoms with Crippen molar-refractivity contribution < 1.29 is 9.90 Å². The van der Waals surface area contributed by atoms with Crippen LogP contribution in [0.15, 0.2) is 30.6 Å². The van der Waals surface area contributed by atoms with Gasteiger partial charge in [0.15, 0.2) is 0 Å². The maximum atomic E-state index is 11.0. The molecule has 0 amide bonds. The Morgan fingerprint density at radius 2 is 2.19 bits per heavy atom. The van der Waals surface area contributed by atoms with Crippen LogP contribution in [0.4, 0.5) is 0 Å². The maximum Gasteiger partial charge on any atom is 0.307 e. The largest absolute Gasteiger partial charge is 0.481 e. The Kier molecular flexibility index (Phi) is 4.64. The fourth-order valence-electron chi connectivity index (χ4n) is 2.13. The van der Waals surface area contributed by atoms with Crippen LogP contribution in [0.3, 0.4) is 0 Å². The summed E-state index contributed by atoms with van der Waals surface area (Å²) >= 11 is 0. The van der Waals surface area contributed by atoms with E-state index < -0.39 is 11.9 Å². The van der Waals surface area contributed by atoms with Crippen molar-refractivity contribution in [3.05, 3.63) is 36.2 Å². The number of tetrazole rings is 1. The van der Waals surface area contributed by atoms with Crippen molar-refractivity contribution in [1.82, 2.24) is 25.1 Å². The monoisotopic (exact) mass is 289 g/mol. The van der Waals surface area contributed by atoms with Gasteiger partial charge in [0.2, 0.25) is 0 Å². The van der Waals surface area contributed by atoms with E-state index in [9.17, 15) is 4.79 Å². The first-order valence-corrected chi connectivity index (χ1v) is 6.75. The Labute approximate surface area is 123 Å². The van der Waals surface area contributed by atoms with E-state index in [2.05, 4.69) is 15.5 Å². The van der Waals surface area contributed by atoms with Crippen LogP contribution >= 0.6 is 0 Å². The lowest BCUT2D eigenvalue weighted by Crippen LogP contribution is -2.30. The van der Waals surface area contributed by atoms with E-state index >= 15 is 0 Å². The van der Waals surface area contributed by atoms with Crippen molar-refractivity contribution >= 4 is 5.97 Å². The number of hydrogen-bond donors (Lipinski definition) is 1. The highest BCUT2D eigenvalue weighted by atomic mass is 16.4. The maximum absolute atomic E-state index is 11.0. The minimum absolute atomic E-state index is 0.100. The van der Waals surface area contributed by atoms with Gasteiger partial charge in [0.05, 0.1) is 11.6 Å². The Morgan fingerprint density at radius 3 is 2.81 bits per heavy atom. The highest BCUT2D eigenvalue weighted by molar-refractivity contribution is 5.69. The summed E-state index contributed by atoms with van der Waals surface area (Å²) in [5, 5.41) is 20.1. The van der Waals surface area contributed by atoms with Gasteiger partial charge in [-0.15, -0.1) is 5.10 Å². The quantitative estimate of drug-likeness (QED) is 0.864. The van der Waals surface area contributed by atoms with Gasteiger partial charge in [-0.3, -0.25) is 9.69 Å². The third-order valence-corrected chi connectivity index (χ3v) is 3.61. The van der Waals surface area contributed by atoms with E-state index in [0.29, 0.717) is 6.54 Å². The average molecular weight is 289 g/mol. The number of benzene rings is 1. The highest BCUT2D eigenvalue weighted by Crippen LogP contribution is 2.21. The Morgan fingerprint density at radius 1 is 1.43 bits per heavy atom. The van der Waals surface area contributed by atoms with Crippen LogP contribution in [0, 0.1) is 5.92 Å². The number of aliphatic carboxylic acids is 1. The summed E-state index contributed by atoms with van der Waals surface area (Å²) in [5.74, 6) is -1.18. The average Bonchev–Trinajstić information content (AvgIpc) is 3.00. The normalized spacial score (nSPS) is 14.1. The summed E-state index contributed by atoms with van der Waals surface area (Å²) < 4.78 is 1.59. The van der Waals surface area contributed by atoms with Crippen molar-refractivity contribution in [2.45, 2.75) is 19.9 Å². The second-order valence-electron chi connectivity index (χ2n) is 5.20. The molecule has 0 saturated carbocycles. The van der Waals surface area contributed by atoms with Crippen LogP contribution in [0.25, 0.3) is 5.69 Å². The van der Waals surface area contributed by atoms with Crippen molar-refractivity contribution in [2.24, 2.45) is 5.92 Å². The molecule has 112 valence electrons. The molecule has 2 aromatic rings. The first-order chi connectivity index (χ1) is 9.99. The minimum Gasteiger partial charge on any atom is -0.481 e. The lowest BCUT2D eigenvalue weighted by Gasteiger charge is -2.26. The van der Waals surface area contributed by atoms with Crippen molar-refractivity contribution in [1.29, 1.82) is 0 Å². The number of carboxylic acid groups (broad SMARTS) is 1. The van der Waals surface area contributed by atoms with E-state index in [1.807, 2.05) is 43.1 Å². The molecule has 1 aromatic carbocycles. The molecule has 2 rings (SSSR count). The lowest BCUT2D eigenvalue weighted by molar-refractivity contribution is -0.141. The van der Waals surface area contributed by atoms with Gasteiger partial charge in [0.1, 0.15) is 6.33 Å². The van der Waals surface area contributed by atoms with E-state index in [-0.39, 0.29) is 6.04 Å². The fourth-order valence-corrected chi connectivity index (χ4v) is 2.13. The van der Waals surface area contributed by atoms with E-state index in [1.54, 1.807) is 17.9 Å². The number of rotatable bonds is 6. The molecule has 7 heteroatoms. The van der Waals surface area contributed by atoms with Gasteiger partial charge < -0.3 is 5.11 Å². The first-order valence-electron chi connectivity index (χ1n) is 6.75. The van der Waals surface area contributed by atoms with E-state index in [4.69, 9.17) is 5.11 Å². The van der Waals surface area contributed by atoms with Gasteiger partial charge in [0.25, 0.3) is 0 Å². The predicted molar refractivity (Wildman–Crippen MR) is 77.0 cm³/mol. The zero-order chi connectivity index (χ0) is 15.4. The molecule has 0 radical (unpaired) electrons. The number of carboxylic acids is 1. The zero-order valence-electron chi connectivity index (χ0n) is 12.3. The topological polar surface area (TPSA) is 84.1 Å². The minimum atomic E-state index is -0.781. The molecule has 21 heavy (non-hydrogen) atoms. The van der Waals surface area contributed by atoms with Crippen molar-refractivity contribution in [2.75, 3.05) is 13.6 Å². The van der Waals surface area contributed by atoms with E-state index in [0.717, 1.165) is 11.3 Å². The summed E-state index contributed by atoms with van der Waals surface area (Å²) in [6, 6.07) is 7.98. The molecule has 1 N–H and O–H groups in total. The molecular weight excluding hydrogens is 270 g/mol. The molecule has 1 aromatic heterocycles. The predicted octanol–water partition coefficient (Wildman–Crippen LogP) is 1.38. The Bertz CT molecular complexity index is 599. The fraction of sp³-hybridized carbons (Fsp3) is 0.429. The molecule has 0 fully saturated rings. The van der Waals surface area contributed by atoms with Crippen LogP contribution in [-0.4, -0.2) is 49.8 Å². The second kappa shape index (κ2) is 6.45. The second-order valence-corrected chi connectivity index (χ2v) is 5.20. The standard InChI is InChI=1S/C14H19N5O2/c1-10(14(20)21)8-18(3)11(2)12-5-4-6-13(7-12)19-9-15-16-17-19/h4-7,9-11H,8H2,1-3H3,(H,20,21). The van der Waals surface area contributed by atoms with Gasteiger partial charge >= 0.3 is 5.97 Å². The summed E-state index contributed by atoms with van der Waals surface area (Å²) in [5.41, 5.74) is 1.96. The van der Waals surface area contributed by atoms with Gasteiger partial charge in [0, 0.05) is 12.6 Å². The van der Waals surface area contributed by atoms with Crippen LogP contribution in [0.5, 0.6) is 0 Å². The molecule has 2 atom stereocenters. The molecule has 0 bridgehead atoms. The molecule has 0 aliphatic carbocycles. The highest BCUT2D eigenvalue weighted by Gasteiger charge is 2.18. The third-order valence-electron chi connectivity index (χ3n) is 3.61. The Balaban J connectivity index is 2.14. The lowest BCUT2D eigenvalue weighted by atomic mass is 10.0. The van der Waals surface area contributed by atoms with Gasteiger partial charge in [-0.1, -0.05) is 19.1 Å². The smallest absolute Gasteiger partial charge is 0.307 e. The summed E-state index contributed by atoms with van der Waals surface area (Å²) in [6.45, 7) is 4.25. The van der Waals surface area contributed by atoms with Gasteiger partial charge in [-0.25, -0.2) is 4.68 Å². The molecule has 2 unspecified atom stereocenters. The van der Waals surface area contributed by atoms with Gasteiger partial charge in [-0.05, 0) is 42.1 Å². The SMILES string of the molecule is CC(CN(C)C(C)c1cccc(-n2cnnn2)c1)C(=O)O. The third kappa shape index (κ3) is 3.63. The first kappa shape index (κ1) is 15.1. The van der Waals surface area contributed by atoms with Crippen LogP contribution in [0.1, 0.15) is 25.5 Å². The van der Waals surface area contributed by atoms with Crippen LogP contribution < -0.4 is 0 Å². The summed E-state index contributed by atoms with van der Waals surface area (Å²) in [4.78, 5) is 13.0. The summed E-state index contributed by atoms with van der Waals surface area (Å²) in [6.07, 6.45) is 1.54. The molecule has 0 aliphatic heterocycles.